The van der Waals surface area contributed by atoms with E-state index in [9.17, 15) is 10.2 Å². The van der Waals surface area contributed by atoms with Crippen LogP contribution in [0.1, 0.15) is 24.4 Å². The molecular formula is C11H14BrNO2. The summed E-state index contributed by atoms with van der Waals surface area (Å²) >= 11 is 3.26. The summed E-state index contributed by atoms with van der Waals surface area (Å²) < 4.78 is 0.803. The van der Waals surface area contributed by atoms with Crippen LogP contribution in [0.3, 0.4) is 0 Å². The summed E-state index contributed by atoms with van der Waals surface area (Å²) in [6, 6.07) is 4.66. The number of aliphatic hydroxyl groups excluding tert-OH is 1. The lowest BCUT2D eigenvalue weighted by atomic mass is 9.98. The van der Waals surface area contributed by atoms with Crippen molar-refractivity contribution in [3.05, 3.63) is 28.2 Å². The van der Waals surface area contributed by atoms with E-state index in [1.54, 1.807) is 12.1 Å². The monoisotopic (exact) mass is 271 g/mol. The van der Waals surface area contributed by atoms with Crippen molar-refractivity contribution in [1.29, 1.82) is 0 Å². The maximum atomic E-state index is 9.86. The lowest BCUT2D eigenvalue weighted by Gasteiger charge is -2.19. The third-order valence-electron chi connectivity index (χ3n) is 2.82. The Balaban J connectivity index is 2.20. The van der Waals surface area contributed by atoms with Crippen molar-refractivity contribution in [3.8, 4) is 5.75 Å². The molecule has 82 valence electrons. The fourth-order valence-electron chi connectivity index (χ4n) is 1.71. The number of nitrogens with two attached hydrogens (primary N) is 1. The molecule has 0 spiro atoms. The summed E-state index contributed by atoms with van der Waals surface area (Å²) in [6.07, 6.45) is 1.52. The Bertz CT molecular complexity index is 366. The molecule has 1 aromatic rings. The van der Waals surface area contributed by atoms with Gasteiger partial charge in [-0.25, -0.2) is 0 Å². The predicted molar refractivity (Wildman–Crippen MR) is 61.5 cm³/mol. The van der Waals surface area contributed by atoms with E-state index in [0.717, 1.165) is 17.3 Å². The maximum Gasteiger partial charge on any atom is 0.121 e. The van der Waals surface area contributed by atoms with Crippen molar-refractivity contribution in [2.24, 2.45) is 11.7 Å². The highest BCUT2D eigenvalue weighted by molar-refractivity contribution is 9.10. The molecule has 0 radical (unpaired) electrons. The molecule has 0 heterocycles. The zero-order valence-electron chi connectivity index (χ0n) is 8.23. The maximum absolute atomic E-state index is 9.86. The number of rotatable bonds is 3. The van der Waals surface area contributed by atoms with Crippen molar-refractivity contribution < 1.29 is 10.2 Å². The van der Waals surface area contributed by atoms with Gasteiger partial charge < -0.3 is 15.9 Å². The largest absolute Gasteiger partial charge is 0.508 e. The standard InChI is InChI=1S/C11H14BrNO2/c12-7-3-4-8(9(14)5-7)10(13)11(15)6-1-2-6/h3-6,10-11,14-15H,1-2,13H2/t10-,11+/m1/s1. The van der Waals surface area contributed by atoms with Gasteiger partial charge in [-0.2, -0.15) is 0 Å². The van der Waals surface area contributed by atoms with E-state index in [4.69, 9.17) is 5.73 Å². The fourth-order valence-corrected chi connectivity index (χ4v) is 2.06. The molecule has 1 aliphatic carbocycles. The van der Waals surface area contributed by atoms with Gasteiger partial charge in [-0.05, 0) is 30.9 Å². The van der Waals surface area contributed by atoms with E-state index in [0.29, 0.717) is 11.5 Å². The molecule has 2 atom stereocenters. The third-order valence-corrected chi connectivity index (χ3v) is 3.32. The molecule has 4 heteroatoms. The van der Waals surface area contributed by atoms with Crippen LogP contribution in [0.5, 0.6) is 5.75 Å². The highest BCUT2D eigenvalue weighted by atomic mass is 79.9. The lowest BCUT2D eigenvalue weighted by Crippen LogP contribution is -2.27. The van der Waals surface area contributed by atoms with Crippen LogP contribution in [0.15, 0.2) is 22.7 Å². The van der Waals surface area contributed by atoms with E-state index >= 15 is 0 Å². The van der Waals surface area contributed by atoms with Crippen LogP contribution in [0, 0.1) is 5.92 Å². The number of hydrogen-bond donors (Lipinski definition) is 3. The van der Waals surface area contributed by atoms with Crippen LogP contribution in [0.4, 0.5) is 0 Å². The van der Waals surface area contributed by atoms with Gasteiger partial charge in [0.15, 0.2) is 0 Å². The molecule has 3 nitrogen and oxygen atoms in total. The van der Waals surface area contributed by atoms with Crippen LogP contribution in [-0.2, 0) is 0 Å². The van der Waals surface area contributed by atoms with Gasteiger partial charge in [0.25, 0.3) is 0 Å². The van der Waals surface area contributed by atoms with E-state index in [2.05, 4.69) is 15.9 Å². The molecule has 0 unspecified atom stereocenters. The molecule has 1 aliphatic rings. The molecule has 15 heavy (non-hydrogen) atoms. The van der Waals surface area contributed by atoms with Crippen LogP contribution >= 0.6 is 15.9 Å². The highest BCUT2D eigenvalue weighted by Gasteiger charge is 2.35. The molecule has 0 aliphatic heterocycles. The van der Waals surface area contributed by atoms with Crippen molar-refractivity contribution in [1.82, 2.24) is 0 Å². The molecular weight excluding hydrogens is 258 g/mol. The summed E-state index contributed by atoms with van der Waals surface area (Å²) in [5.74, 6) is 0.444. The number of benzene rings is 1. The molecule has 0 amide bonds. The van der Waals surface area contributed by atoms with Gasteiger partial charge in [0, 0.05) is 10.0 Å². The van der Waals surface area contributed by atoms with Gasteiger partial charge in [0.1, 0.15) is 5.75 Å². The second-order valence-corrected chi connectivity index (χ2v) is 4.97. The second kappa shape index (κ2) is 4.12. The lowest BCUT2D eigenvalue weighted by molar-refractivity contribution is 0.121. The minimum atomic E-state index is -0.544. The predicted octanol–water partition coefficient (Wildman–Crippen LogP) is 1.93. The Labute approximate surface area is 97.0 Å². The Hall–Kier alpha value is -0.580. The first-order chi connectivity index (χ1) is 7.09. The van der Waals surface area contributed by atoms with Crippen LogP contribution in [0.2, 0.25) is 0 Å². The first-order valence-electron chi connectivity index (χ1n) is 5.01. The molecule has 2 rings (SSSR count). The van der Waals surface area contributed by atoms with Gasteiger partial charge in [0.2, 0.25) is 0 Å². The number of hydrogen-bond acceptors (Lipinski definition) is 3. The molecule has 0 saturated heterocycles. The SMILES string of the molecule is N[C@H](c1ccc(Br)cc1O)[C@@H](O)C1CC1. The van der Waals surface area contributed by atoms with E-state index in [1.165, 1.54) is 0 Å². The third kappa shape index (κ3) is 2.33. The zero-order chi connectivity index (χ0) is 11.0. The Morgan fingerprint density at radius 2 is 2.07 bits per heavy atom. The molecule has 4 N–H and O–H groups in total. The van der Waals surface area contributed by atoms with E-state index in [-0.39, 0.29) is 5.75 Å². The number of phenols is 1. The summed E-state index contributed by atoms with van der Waals surface area (Å²) in [5, 5.41) is 19.5. The Morgan fingerprint density at radius 3 is 2.60 bits per heavy atom. The van der Waals surface area contributed by atoms with Gasteiger partial charge in [-0.15, -0.1) is 0 Å². The summed E-state index contributed by atoms with van der Waals surface area (Å²) in [5.41, 5.74) is 6.51. The average Bonchev–Trinajstić information content (AvgIpc) is 2.99. The summed E-state index contributed by atoms with van der Waals surface area (Å²) in [7, 11) is 0. The summed E-state index contributed by atoms with van der Waals surface area (Å²) in [4.78, 5) is 0. The van der Waals surface area contributed by atoms with E-state index < -0.39 is 12.1 Å². The van der Waals surface area contributed by atoms with Crippen molar-refractivity contribution in [2.75, 3.05) is 0 Å². The topological polar surface area (TPSA) is 66.5 Å². The minimum absolute atomic E-state index is 0.136. The van der Waals surface area contributed by atoms with Crippen LogP contribution in [0.25, 0.3) is 0 Å². The van der Waals surface area contributed by atoms with Gasteiger partial charge in [0.05, 0.1) is 12.1 Å². The molecule has 1 aromatic carbocycles. The van der Waals surface area contributed by atoms with Crippen molar-refractivity contribution in [3.63, 3.8) is 0 Å². The second-order valence-electron chi connectivity index (χ2n) is 4.06. The highest BCUT2D eigenvalue weighted by Crippen LogP contribution is 2.39. The Kier molecular flexibility index (Phi) is 3.00. The number of halogens is 1. The fraction of sp³-hybridized carbons (Fsp3) is 0.455. The number of phenolic OH excluding ortho intramolecular Hbond substituents is 1. The van der Waals surface area contributed by atoms with Crippen LogP contribution < -0.4 is 5.73 Å². The average molecular weight is 272 g/mol. The Morgan fingerprint density at radius 1 is 1.40 bits per heavy atom. The molecule has 0 aromatic heterocycles. The smallest absolute Gasteiger partial charge is 0.121 e. The van der Waals surface area contributed by atoms with Crippen molar-refractivity contribution in [2.45, 2.75) is 25.0 Å². The molecule has 1 fully saturated rings. The zero-order valence-corrected chi connectivity index (χ0v) is 9.81. The molecule has 1 saturated carbocycles. The first-order valence-corrected chi connectivity index (χ1v) is 5.81. The minimum Gasteiger partial charge on any atom is -0.508 e. The van der Waals surface area contributed by atoms with Crippen molar-refractivity contribution >= 4 is 15.9 Å². The van der Waals surface area contributed by atoms with Gasteiger partial charge >= 0.3 is 0 Å². The quantitative estimate of drug-likeness (QED) is 0.787. The van der Waals surface area contributed by atoms with E-state index in [1.807, 2.05) is 6.07 Å². The number of aromatic hydroxyl groups is 1. The van der Waals surface area contributed by atoms with Gasteiger partial charge in [-0.1, -0.05) is 22.0 Å². The first kappa shape index (κ1) is 10.9. The summed E-state index contributed by atoms with van der Waals surface area (Å²) in [6.45, 7) is 0. The number of aliphatic hydroxyl groups is 1. The molecule has 0 bridgehead atoms. The normalized spacial score (nSPS) is 19.9. The van der Waals surface area contributed by atoms with Gasteiger partial charge in [-0.3, -0.25) is 0 Å². The van der Waals surface area contributed by atoms with Crippen LogP contribution in [-0.4, -0.2) is 16.3 Å².